The van der Waals surface area contributed by atoms with Crippen molar-refractivity contribution in [3.05, 3.63) is 70.6 Å². The van der Waals surface area contributed by atoms with E-state index in [-0.39, 0.29) is 5.91 Å². The second-order valence-corrected chi connectivity index (χ2v) is 6.56. The van der Waals surface area contributed by atoms with Gasteiger partial charge in [-0.2, -0.15) is 5.10 Å². The Morgan fingerprint density at radius 1 is 1.27 bits per heavy atom. The molecule has 1 amide bonds. The molecule has 7 heteroatoms. The van der Waals surface area contributed by atoms with Gasteiger partial charge in [-0.1, -0.05) is 28.9 Å². The van der Waals surface area contributed by atoms with Crippen molar-refractivity contribution in [1.29, 1.82) is 0 Å². The van der Waals surface area contributed by atoms with E-state index in [0.717, 1.165) is 22.1 Å². The van der Waals surface area contributed by atoms with Crippen molar-refractivity contribution in [1.82, 2.24) is 20.1 Å². The van der Waals surface area contributed by atoms with Gasteiger partial charge < -0.3 is 10.1 Å². The first-order chi connectivity index (χ1) is 12.7. The Bertz CT molecular complexity index is 877. The number of carbonyl (C=O) groups is 1. The molecule has 3 aromatic rings. The van der Waals surface area contributed by atoms with E-state index in [1.54, 1.807) is 23.3 Å². The topological polar surface area (TPSA) is 69.0 Å². The Balaban J connectivity index is 1.65. The fourth-order valence-electron chi connectivity index (χ4n) is 2.34. The number of ether oxygens (including phenoxy) is 1. The van der Waals surface area contributed by atoms with Crippen LogP contribution in [0.5, 0.6) is 5.88 Å². The normalized spacial score (nSPS) is 10.5. The minimum atomic E-state index is -0.196. The summed E-state index contributed by atoms with van der Waals surface area (Å²) < 4.78 is 8.27. The van der Waals surface area contributed by atoms with E-state index < -0.39 is 0 Å². The van der Waals surface area contributed by atoms with Gasteiger partial charge in [0.1, 0.15) is 0 Å². The van der Waals surface area contributed by atoms with Crippen LogP contribution in [0.2, 0.25) is 0 Å². The number of nitrogens with one attached hydrogen (secondary N) is 1. The van der Waals surface area contributed by atoms with Crippen LogP contribution >= 0.6 is 15.9 Å². The highest BCUT2D eigenvalue weighted by atomic mass is 79.9. The lowest BCUT2D eigenvalue weighted by molar-refractivity contribution is 0.0950. The molecule has 1 aromatic carbocycles. The predicted octanol–water partition coefficient (Wildman–Crippen LogP) is 3.75. The van der Waals surface area contributed by atoms with Gasteiger partial charge in [0.25, 0.3) is 5.91 Å². The van der Waals surface area contributed by atoms with Gasteiger partial charge in [0, 0.05) is 29.0 Å². The van der Waals surface area contributed by atoms with Crippen LogP contribution in [0.15, 0.2) is 59.5 Å². The van der Waals surface area contributed by atoms with E-state index in [0.29, 0.717) is 24.6 Å². The number of hydrogen-bond donors (Lipinski definition) is 1. The molecule has 0 aliphatic rings. The van der Waals surface area contributed by atoms with E-state index in [1.807, 2.05) is 43.3 Å². The zero-order chi connectivity index (χ0) is 18.4. The van der Waals surface area contributed by atoms with E-state index in [1.165, 1.54) is 0 Å². The summed E-state index contributed by atoms with van der Waals surface area (Å²) in [6, 6.07) is 11.4. The minimum Gasteiger partial charge on any atom is -0.477 e. The molecule has 0 radical (unpaired) electrons. The second-order valence-electron chi connectivity index (χ2n) is 5.65. The van der Waals surface area contributed by atoms with Crippen LogP contribution in [-0.4, -0.2) is 27.3 Å². The Morgan fingerprint density at radius 3 is 2.85 bits per heavy atom. The van der Waals surface area contributed by atoms with E-state index in [4.69, 9.17) is 4.74 Å². The summed E-state index contributed by atoms with van der Waals surface area (Å²) in [4.78, 5) is 16.6. The lowest BCUT2D eigenvalue weighted by Gasteiger charge is -2.10. The minimum absolute atomic E-state index is 0.196. The largest absolute Gasteiger partial charge is 0.477 e. The summed E-state index contributed by atoms with van der Waals surface area (Å²) >= 11 is 3.40. The molecule has 2 aromatic heterocycles. The molecular weight excluding hydrogens is 396 g/mol. The summed E-state index contributed by atoms with van der Waals surface area (Å²) in [5, 5.41) is 7.14. The maximum atomic E-state index is 12.4. The van der Waals surface area contributed by atoms with Crippen LogP contribution in [0.1, 0.15) is 29.3 Å². The van der Waals surface area contributed by atoms with Crippen molar-refractivity contribution in [2.75, 3.05) is 6.61 Å². The summed E-state index contributed by atoms with van der Waals surface area (Å²) in [5.41, 5.74) is 2.22. The quantitative estimate of drug-likeness (QED) is 0.638. The third kappa shape index (κ3) is 4.49. The number of hydrogen-bond acceptors (Lipinski definition) is 4. The Kier molecular flexibility index (Phi) is 6.01. The SMILES string of the molecule is CCCOc1ncccc1CNC(=O)c1cnn(-c2ccc(Br)cc2)c1. The number of aromatic nitrogens is 3. The zero-order valence-corrected chi connectivity index (χ0v) is 15.9. The van der Waals surface area contributed by atoms with Gasteiger partial charge >= 0.3 is 0 Å². The van der Waals surface area contributed by atoms with Crippen molar-refractivity contribution in [2.24, 2.45) is 0 Å². The average molecular weight is 415 g/mol. The first kappa shape index (κ1) is 18.1. The van der Waals surface area contributed by atoms with Gasteiger partial charge in [-0.25, -0.2) is 9.67 Å². The first-order valence-electron chi connectivity index (χ1n) is 8.33. The molecule has 0 spiro atoms. The van der Waals surface area contributed by atoms with Crippen LogP contribution in [0.3, 0.4) is 0 Å². The molecule has 0 aliphatic carbocycles. The monoisotopic (exact) mass is 414 g/mol. The molecule has 0 unspecified atom stereocenters. The first-order valence-corrected chi connectivity index (χ1v) is 9.12. The van der Waals surface area contributed by atoms with Crippen LogP contribution < -0.4 is 10.1 Å². The summed E-state index contributed by atoms with van der Waals surface area (Å²) in [6.45, 7) is 2.97. The molecule has 134 valence electrons. The Morgan fingerprint density at radius 2 is 2.08 bits per heavy atom. The van der Waals surface area contributed by atoms with E-state index in [9.17, 15) is 4.79 Å². The molecular formula is C19H19BrN4O2. The average Bonchev–Trinajstić information content (AvgIpc) is 3.16. The van der Waals surface area contributed by atoms with Crippen molar-refractivity contribution in [2.45, 2.75) is 19.9 Å². The summed E-state index contributed by atoms with van der Waals surface area (Å²) in [6.07, 6.45) is 5.83. The molecule has 26 heavy (non-hydrogen) atoms. The Hall–Kier alpha value is -2.67. The van der Waals surface area contributed by atoms with E-state index in [2.05, 4.69) is 31.3 Å². The maximum absolute atomic E-state index is 12.4. The van der Waals surface area contributed by atoms with Crippen LogP contribution in [0.4, 0.5) is 0 Å². The third-order valence-electron chi connectivity index (χ3n) is 3.67. The van der Waals surface area contributed by atoms with Gasteiger partial charge in [0.05, 0.1) is 24.1 Å². The van der Waals surface area contributed by atoms with Crippen molar-refractivity contribution in [3.8, 4) is 11.6 Å². The fraction of sp³-hybridized carbons (Fsp3) is 0.211. The molecule has 0 atom stereocenters. The zero-order valence-electron chi connectivity index (χ0n) is 14.4. The lowest BCUT2D eigenvalue weighted by atomic mass is 10.2. The van der Waals surface area contributed by atoms with Gasteiger partial charge in [-0.05, 0) is 36.8 Å². The predicted molar refractivity (Wildman–Crippen MR) is 102 cm³/mol. The highest BCUT2D eigenvalue weighted by molar-refractivity contribution is 9.10. The van der Waals surface area contributed by atoms with Crippen molar-refractivity contribution in [3.63, 3.8) is 0 Å². The molecule has 0 saturated carbocycles. The summed E-state index contributed by atoms with van der Waals surface area (Å²) in [7, 11) is 0. The highest BCUT2D eigenvalue weighted by Gasteiger charge is 2.11. The Labute approximate surface area is 160 Å². The third-order valence-corrected chi connectivity index (χ3v) is 4.20. The molecule has 1 N–H and O–H groups in total. The van der Waals surface area contributed by atoms with Crippen LogP contribution in [-0.2, 0) is 6.54 Å². The van der Waals surface area contributed by atoms with Crippen LogP contribution in [0, 0.1) is 0 Å². The molecule has 0 aliphatic heterocycles. The maximum Gasteiger partial charge on any atom is 0.254 e. The number of amides is 1. The summed E-state index contributed by atoms with van der Waals surface area (Å²) in [5.74, 6) is 0.360. The van der Waals surface area contributed by atoms with E-state index >= 15 is 0 Å². The highest BCUT2D eigenvalue weighted by Crippen LogP contribution is 2.16. The lowest BCUT2D eigenvalue weighted by Crippen LogP contribution is -2.23. The van der Waals surface area contributed by atoms with Gasteiger partial charge in [0.2, 0.25) is 5.88 Å². The molecule has 3 rings (SSSR count). The van der Waals surface area contributed by atoms with Crippen LogP contribution in [0.25, 0.3) is 5.69 Å². The molecule has 2 heterocycles. The molecule has 0 bridgehead atoms. The number of pyridine rings is 1. The van der Waals surface area contributed by atoms with Crippen molar-refractivity contribution >= 4 is 21.8 Å². The molecule has 6 nitrogen and oxygen atoms in total. The van der Waals surface area contributed by atoms with Gasteiger partial charge in [-0.3, -0.25) is 4.79 Å². The number of carbonyl (C=O) groups excluding carboxylic acids is 1. The van der Waals surface area contributed by atoms with Gasteiger partial charge in [0.15, 0.2) is 0 Å². The number of rotatable bonds is 7. The number of halogens is 1. The number of benzene rings is 1. The second kappa shape index (κ2) is 8.62. The number of nitrogens with zero attached hydrogens (tertiary/aromatic N) is 3. The smallest absolute Gasteiger partial charge is 0.254 e. The van der Waals surface area contributed by atoms with Gasteiger partial charge in [-0.15, -0.1) is 0 Å². The molecule has 0 saturated heterocycles. The molecule has 0 fully saturated rings. The fourth-order valence-corrected chi connectivity index (χ4v) is 2.60. The standard InChI is InChI=1S/C19H19BrN4O2/c1-2-10-26-19-14(4-3-9-21-19)11-22-18(25)15-12-23-24(13-15)17-7-5-16(20)6-8-17/h3-9,12-13H,2,10-11H2,1H3,(H,22,25). The van der Waals surface area contributed by atoms with Crippen molar-refractivity contribution < 1.29 is 9.53 Å².